The third kappa shape index (κ3) is 5.86. The van der Waals surface area contributed by atoms with Gasteiger partial charge >= 0.3 is 6.03 Å². The number of anilines is 1. The van der Waals surface area contributed by atoms with E-state index in [0.717, 1.165) is 18.7 Å². The second kappa shape index (κ2) is 10.7. The zero-order valence-corrected chi connectivity index (χ0v) is 19.3. The number of amides is 3. The van der Waals surface area contributed by atoms with Crippen LogP contribution >= 0.6 is 0 Å². The third-order valence-electron chi connectivity index (χ3n) is 6.02. The average molecular weight is 459 g/mol. The molecule has 0 spiro atoms. The van der Waals surface area contributed by atoms with Gasteiger partial charge in [0.25, 0.3) is 0 Å². The van der Waals surface area contributed by atoms with Crippen LogP contribution in [0.1, 0.15) is 23.6 Å². The Morgan fingerprint density at radius 1 is 0.912 bits per heavy atom. The summed E-state index contributed by atoms with van der Waals surface area (Å²) in [6.45, 7) is 4.90. The van der Waals surface area contributed by atoms with Crippen LogP contribution in [0.2, 0.25) is 0 Å². The van der Waals surface area contributed by atoms with E-state index in [1.807, 2.05) is 71.6 Å². The van der Waals surface area contributed by atoms with Crippen molar-refractivity contribution >= 4 is 17.6 Å². The number of nitrogens with one attached hydrogen (secondary N) is 1. The lowest BCUT2D eigenvalue weighted by molar-refractivity contribution is -0.132. The Labute approximate surface area is 200 Å². The largest absolute Gasteiger partial charge is 0.457 e. The van der Waals surface area contributed by atoms with Gasteiger partial charge in [-0.2, -0.15) is 0 Å². The molecule has 7 heteroatoms. The van der Waals surface area contributed by atoms with Crippen molar-refractivity contribution in [3.8, 4) is 11.5 Å². The van der Waals surface area contributed by atoms with Crippen molar-refractivity contribution in [3.63, 3.8) is 0 Å². The van der Waals surface area contributed by atoms with E-state index in [2.05, 4.69) is 29.3 Å². The topological polar surface area (TPSA) is 87.9 Å². The number of piperazine rings is 1. The van der Waals surface area contributed by atoms with Gasteiger partial charge in [0.15, 0.2) is 0 Å². The predicted octanol–water partition coefficient (Wildman–Crippen LogP) is 4.24. The van der Waals surface area contributed by atoms with Crippen molar-refractivity contribution < 1.29 is 14.3 Å². The molecule has 0 saturated carbocycles. The minimum atomic E-state index is -0.670. The van der Waals surface area contributed by atoms with Gasteiger partial charge in [-0.1, -0.05) is 48.5 Å². The number of hydrogen-bond acceptors (Lipinski definition) is 4. The number of primary amides is 1. The Morgan fingerprint density at radius 2 is 1.59 bits per heavy atom. The molecule has 0 aromatic heterocycles. The SMILES string of the molecule is Cc1ccccc1N1CCN(C(=O)CC(NC(N)=O)c2cccc(Oc3ccccc3)c2)CC1. The van der Waals surface area contributed by atoms with Gasteiger partial charge in [0, 0.05) is 31.9 Å². The van der Waals surface area contributed by atoms with Gasteiger partial charge in [-0.05, 0) is 48.4 Å². The number of carbonyl (C=O) groups is 2. The third-order valence-corrected chi connectivity index (χ3v) is 6.02. The molecule has 3 N–H and O–H groups in total. The summed E-state index contributed by atoms with van der Waals surface area (Å²) in [6.07, 6.45) is 0.127. The molecule has 34 heavy (non-hydrogen) atoms. The van der Waals surface area contributed by atoms with Crippen LogP contribution in [0.4, 0.5) is 10.5 Å². The normalized spacial score (nSPS) is 14.4. The lowest BCUT2D eigenvalue weighted by atomic mass is 10.0. The summed E-state index contributed by atoms with van der Waals surface area (Å²) < 4.78 is 5.91. The lowest BCUT2D eigenvalue weighted by Gasteiger charge is -2.37. The molecular weight excluding hydrogens is 428 g/mol. The molecule has 1 heterocycles. The molecule has 0 radical (unpaired) electrons. The van der Waals surface area contributed by atoms with Gasteiger partial charge in [0.1, 0.15) is 11.5 Å². The van der Waals surface area contributed by atoms with E-state index >= 15 is 0 Å². The summed E-state index contributed by atoms with van der Waals surface area (Å²) in [5, 5.41) is 2.72. The highest BCUT2D eigenvalue weighted by atomic mass is 16.5. The zero-order valence-electron chi connectivity index (χ0n) is 19.3. The van der Waals surface area contributed by atoms with Crippen molar-refractivity contribution in [2.45, 2.75) is 19.4 Å². The number of nitrogens with zero attached hydrogens (tertiary/aromatic N) is 2. The van der Waals surface area contributed by atoms with Gasteiger partial charge in [-0.15, -0.1) is 0 Å². The Bertz CT molecular complexity index is 1130. The maximum Gasteiger partial charge on any atom is 0.312 e. The standard InChI is InChI=1S/C27H30N4O3/c1-20-8-5-6-13-25(20)30-14-16-31(17-15-30)26(32)19-24(29-27(28)33)21-9-7-12-23(18-21)34-22-10-3-2-4-11-22/h2-13,18,24H,14-17,19H2,1H3,(H3,28,29,33). The van der Waals surface area contributed by atoms with Crippen LogP contribution in [0.5, 0.6) is 11.5 Å². The first-order chi connectivity index (χ1) is 16.5. The van der Waals surface area contributed by atoms with Crippen LogP contribution in [0, 0.1) is 6.92 Å². The predicted molar refractivity (Wildman–Crippen MR) is 133 cm³/mol. The molecular formula is C27H30N4O3. The molecule has 1 fully saturated rings. The fourth-order valence-electron chi connectivity index (χ4n) is 4.26. The van der Waals surface area contributed by atoms with Crippen molar-refractivity contribution in [1.29, 1.82) is 0 Å². The molecule has 0 bridgehead atoms. The van der Waals surface area contributed by atoms with Crippen LogP contribution in [0.25, 0.3) is 0 Å². The second-order valence-corrected chi connectivity index (χ2v) is 8.41. The summed E-state index contributed by atoms with van der Waals surface area (Å²) in [5.41, 5.74) is 8.63. The fourth-order valence-corrected chi connectivity index (χ4v) is 4.26. The van der Waals surface area contributed by atoms with Gasteiger partial charge in [-0.25, -0.2) is 4.79 Å². The van der Waals surface area contributed by atoms with Gasteiger partial charge in [0.2, 0.25) is 5.91 Å². The second-order valence-electron chi connectivity index (χ2n) is 8.41. The number of urea groups is 1. The molecule has 176 valence electrons. The van der Waals surface area contributed by atoms with Crippen LogP contribution < -0.4 is 20.7 Å². The first-order valence-electron chi connectivity index (χ1n) is 11.5. The highest BCUT2D eigenvalue weighted by molar-refractivity contribution is 5.79. The van der Waals surface area contributed by atoms with Crippen molar-refractivity contribution in [2.75, 3.05) is 31.1 Å². The van der Waals surface area contributed by atoms with E-state index < -0.39 is 12.1 Å². The summed E-state index contributed by atoms with van der Waals surface area (Å²) in [6, 6.07) is 23.9. The van der Waals surface area contributed by atoms with E-state index in [0.29, 0.717) is 24.6 Å². The van der Waals surface area contributed by atoms with E-state index in [4.69, 9.17) is 10.5 Å². The fraction of sp³-hybridized carbons (Fsp3) is 0.259. The molecule has 3 aromatic carbocycles. The van der Waals surface area contributed by atoms with Crippen molar-refractivity contribution in [2.24, 2.45) is 5.73 Å². The van der Waals surface area contributed by atoms with E-state index in [1.165, 1.54) is 11.3 Å². The Balaban J connectivity index is 1.42. The number of nitrogens with two attached hydrogens (primary N) is 1. The molecule has 1 atom stereocenters. The molecule has 3 amide bonds. The first-order valence-corrected chi connectivity index (χ1v) is 11.5. The molecule has 1 saturated heterocycles. The van der Waals surface area contributed by atoms with Crippen molar-refractivity contribution in [1.82, 2.24) is 10.2 Å². The van der Waals surface area contributed by atoms with Crippen LogP contribution in [-0.4, -0.2) is 43.0 Å². The average Bonchev–Trinajstić information content (AvgIpc) is 2.84. The van der Waals surface area contributed by atoms with Crippen molar-refractivity contribution in [3.05, 3.63) is 90.0 Å². The number of aryl methyl sites for hydroxylation is 1. The molecule has 1 aliphatic rings. The molecule has 4 rings (SSSR count). The summed E-state index contributed by atoms with van der Waals surface area (Å²) >= 11 is 0. The monoisotopic (exact) mass is 458 g/mol. The minimum Gasteiger partial charge on any atom is -0.457 e. The quantitative estimate of drug-likeness (QED) is 0.555. The highest BCUT2D eigenvalue weighted by Crippen LogP contribution is 2.27. The zero-order chi connectivity index (χ0) is 23.9. The summed E-state index contributed by atoms with van der Waals surface area (Å²) in [4.78, 5) is 29.0. The number of benzene rings is 3. The number of ether oxygens (including phenoxy) is 1. The summed E-state index contributed by atoms with van der Waals surface area (Å²) in [7, 11) is 0. The molecule has 1 aliphatic heterocycles. The Hall–Kier alpha value is -4.00. The minimum absolute atomic E-state index is 0.0161. The van der Waals surface area contributed by atoms with Gasteiger partial charge in [-0.3, -0.25) is 4.79 Å². The molecule has 0 aliphatic carbocycles. The van der Waals surface area contributed by atoms with Crippen LogP contribution in [0.15, 0.2) is 78.9 Å². The summed E-state index contributed by atoms with van der Waals surface area (Å²) in [5.74, 6) is 1.32. The maximum absolute atomic E-state index is 13.1. The first kappa shape index (κ1) is 23.2. The van der Waals surface area contributed by atoms with Crippen LogP contribution in [-0.2, 0) is 4.79 Å². The van der Waals surface area contributed by atoms with E-state index in [-0.39, 0.29) is 12.3 Å². The Kier molecular flexibility index (Phi) is 7.32. The number of hydrogen-bond donors (Lipinski definition) is 2. The van der Waals surface area contributed by atoms with E-state index in [9.17, 15) is 9.59 Å². The molecule has 3 aromatic rings. The van der Waals surface area contributed by atoms with Gasteiger partial charge in [0.05, 0.1) is 12.5 Å². The Morgan fingerprint density at radius 3 is 2.29 bits per heavy atom. The highest BCUT2D eigenvalue weighted by Gasteiger charge is 2.25. The van der Waals surface area contributed by atoms with E-state index in [1.54, 1.807) is 0 Å². The maximum atomic E-state index is 13.1. The smallest absolute Gasteiger partial charge is 0.312 e. The molecule has 7 nitrogen and oxygen atoms in total. The van der Waals surface area contributed by atoms with Gasteiger partial charge < -0.3 is 25.6 Å². The number of para-hydroxylation sites is 2. The number of rotatable bonds is 7. The van der Waals surface area contributed by atoms with Crippen LogP contribution in [0.3, 0.4) is 0 Å². The number of carbonyl (C=O) groups excluding carboxylic acids is 2. The molecule has 1 unspecified atom stereocenters. The lowest BCUT2D eigenvalue weighted by Crippen LogP contribution is -2.49.